The molecule has 0 unspecified atom stereocenters. The number of benzene rings is 2. The Labute approximate surface area is 156 Å². The van der Waals surface area contributed by atoms with Crippen LogP contribution >= 0.6 is 0 Å². The van der Waals surface area contributed by atoms with Crippen molar-refractivity contribution < 1.29 is 22.3 Å². The Morgan fingerprint density at radius 1 is 1.22 bits per heavy atom. The highest BCUT2D eigenvalue weighted by Crippen LogP contribution is 2.26. The van der Waals surface area contributed by atoms with Crippen LogP contribution < -0.4 is 10.1 Å². The Morgan fingerprint density at radius 3 is 2.78 bits per heavy atom. The van der Waals surface area contributed by atoms with Gasteiger partial charge in [-0.15, -0.1) is 4.40 Å². The number of amidine groups is 1. The summed E-state index contributed by atoms with van der Waals surface area (Å²) in [7, 11) is -2.13. The summed E-state index contributed by atoms with van der Waals surface area (Å²) >= 11 is 0. The van der Waals surface area contributed by atoms with Crippen LogP contribution in [-0.4, -0.2) is 51.8 Å². The molecule has 1 amide bonds. The number of sulfonamides is 1. The average molecular weight is 391 g/mol. The van der Waals surface area contributed by atoms with Gasteiger partial charge in [0.15, 0.2) is 5.84 Å². The van der Waals surface area contributed by atoms with Crippen LogP contribution in [0.15, 0.2) is 57.8 Å². The van der Waals surface area contributed by atoms with Gasteiger partial charge in [0.05, 0.1) is 13.1 Å². The fraction of sp³-hybridized carbons (Fsp3) is 0.222. The summed E-state index contributed by atoms with van der Waals surface area (Å²) in [5.41, 5.74) is 0.474. The van der Waals surface area contributed by atoms with Crippen molar-refractivity contribution in [3.8, 4) is 5.75 Å². The first-order chi connectivity index (χ1) is 12.9. The molecule has 0 fully saturated rings. The van der Waals surface area contributed by atoms with E-state index < -0.39 is 15.8 Å². The number of halogens is 1. The van der Waals surface area contributed by atoms with Gasteiger partial charge in [0.2, 0.25) is 5.91 Å². The van der Waals surface area contributed by atoms with Gasteiger partial charge in [0.25, 0.3) is 10.0 Å². The molecule has 9 heteroatoms. The van der Waals surface area contributed by atoms with Crippen LogP contribution in [0.1, 0.15) is 5.56 Å². The minimum atomic E-state index is -3.73. The lowest BCUT2D eigenvalue weighted by Crippen LogP contribution is -2.39. The molecule has 2 aromatic rings. The summed E-state index contributed by atoms with van der Waals surface area (Å²) < 4.78 is 46.3. The molecule has 0 spiro atoms. The highest BCUT2D eigenvalue weighted by molar-refractivity contribution is 7.90. The molecule has 1 aliphatic heterocycles. The number of fused-ring (bicyclic) bond motifs is 1. The first-order valence-corrected chi connectivity index (χ1v) is 9.61. The molecule has 0 saturated heterocycles. The maximum atomic E-state index is 13.0. The van der Waals surface area contributed by atoms with Gasteiger partial charge in [-0.25, -0.2) is 4.39 Å². The predicted molar refractivity (Wildman–Crippen MR) is 97.7 cm³/mol. The number of hydrogen-bond donors (Lipinski definition) is 1. The van der Waals surface area contributed by atoms with Gasteiger partial charge < -0.3 is 15.0 Å². The number of amides is 1. The monoisotopic (exact) mass is 391 g/mol. The molecular formula is C18H18FN3O4S. The zero-order chi connectivity index (χ0) is 19.4. The van der Waals surface area contributed by atoms with Crippen molar-refractivity contribution in [2.45, 2.75) is 4.90 Å². The second-order valence-electron chi connectivity index (χ2n) is 5.90. The van der Waals surface area contributed by atoms with Gasteiger partial charge in [-0.1, -0.05) is 18.2 Å². The van der Waals surface area contributed by atoms with Gasteiger partial charge in [-0.05, 0) is 24.3 Å². The maximum Gasteiger partial charge on any atom is 0.285 e. The van der Waals surface area contributed by atoms with E-state index >= 15 is 0 Å². The number of nitrogens with zero attached hydrogens (tertiary/aromatic N) is 2. The third-order valence-corrected chi connectivity index (χ3v) is 5.17. The fourth-order valence-corrected chi connectivity index (χ4v) is 3.88. The van der Waals surface area contributed by atoms with E-state index in [1.807, 2.05) is 0 Å². The normalized spacial score (nSPS) is 14.2. The molecule has 3 rings (SSSR count). The van der Waals surface area contributed by atoms with E-state index in [9.17, 15) is 17.6 Å². The van der Waals surface area contributed by atoms with Gasteiger partial charge in [0.1, 0.15) is 23.1 Å². The number of likely N-dealkylation sites (N-methyl/N-ethyl adjacent to an activating group) is 1. The Kier molecular flexibility index (Phi) is 5.41. The van der Waals surface area contributed by atoms with E-state index in [4.69, 9.17) is 4.74 Å². The molecule has 0 atom stereocenters. The topological polar surface area (TPSA) is 88.1 Å². The molecule has 142 valence electrons. The molecule has 2 aromatic carbocycles. The molecule has 0 aliphatic carbocycles. The number of nitrogens with one attached hydrogen (secondary N) is 1. The Hall–Kier alpha value is -2.94. The molecular weight excluding hydrogens is 373 g/mol. The highest BCUT2D eigenvalue weighted by atomic mass is 32.2. The second-order valence-corrected chi connectivity index (χ2v) is 7.47. The number of carbonyl (C=O) groups is 1. The van der Waals surface area contributed by atoms with Gasteiger partial charge >= 0.3 is 0 Å². The van der Waals surface area contributed by atoms with Crippen molar-refractivity contribution in [2.24, 2.45) is 4.40 Å². The summed E-state index contributed by atoms with van der Waals surface area (Å²) in [6.07, 6.45) is 0. The van der Waals surface area contributed by atoms with Crippen LogP contribution in [0.4, 0.5) is 4.39 Å². The first kappa shape index (κ1) is 18.8. The summed E-state index contributed by atoms with van der Waals surface area (Å²) in [4.78, 5) is 13.7. The minimum absolute atomic E-state index is 0.0668. The van der Waals surface area contributed by atoms with Crippen LogP contribution in [0, 0.1) is 5.82 Å². The van der Waals surface area contributed by atoms with E-state index in [-0.39, 0.29) is 36.3 Å². The van der Waals surface area contributed by atoms with Crippen LogP contribution in [0.25, 0.3) is 0 Å². The van der Waals surface area contributed by atoms with Gasteiger partial charge in [-0.3, -0.25) is 4.79 Å². The molecule has 0 bridgehead atoms. The maximum absolute atomic E-state index is 13.0. The van der Waals surface area contributed by atoms with E-state index in [1.165, 1.54) is 29.2 Å². The Morgan fingerprint density at radius 2 is 2.00 bits per heavy atom. The lowest BCUT2D eigenvalue weighted by atomic mass is 10.2. The fourth-order valence-electron chi connectivity index (χ4n) is 2.63. The molecule has 0 aromatic heterocycles. The molecule has 1 N–H and O–H groups in total. The number of ether oxygens (including phenoxy) is 1. The highest BCUT2D eigenvalue weighted by Gasteiger charge is 2.30. The summed E-state index contributed by atoms with van der Waals surface area (Å²) in [5, 5.41) is 2.66. The largest absolute Gasteiger partial charge is 0.492 e. The third kappa shape index (κ3) is 4.43. The van der Waals surface area contributed by atoms with Crippen LogP contribution in [0.5, 0.6) is 5.75 Å². The number of rotatable bonds is 6. The molecule has 0 saturated carbocycles. The number of carbonyl (C=O) groups excluding carboxylic acids is 1. The van der Waals surface area contributed by atoms with E-state index in [2.05, 4.69) is 9.71 Å². The summed E-state index contributed by atoms with van der Waals surface area (Å²) in [6, 6.07) is 12.2. The van der Waals surface area contributed by atoms with Crippen molar-refractivity contribution in [1.82, 2.24) is 10.2 Å². The van der Waals surface area contributed by atoms with Crippen LogP contribution in [0.2, 0.25) is 0 Å². The third-order valence-electron chi connectivity index (χ3n) is 3.84. The molecule has 27 heavy (non-hydrogen) atoms. The standard InChI is InChI=1S/C18H18FN3O4S/c1-22(18-15-7-2-3-8-16(15)27(24,25)21-18)12-17(23)20-9-10-26-14-6-4-5-13(19)11-14/h2-8,11H,9-10,12H2,1H3,(H,20,23). The van der Waals surface area contributed by atoms with Crippen molar-refractivity contribution in [2.75, 3.05) is 26.7 Å². The van der Waals surface area contributed by atoms with E-state index in [0.717, 1.165) is 0 Å². The predicted octanol–water partition coefficient (Wildman–Crippen LogP) is 1.40. The summed E-state index contributed by atoms with van der Waals surface area (Å²) in [5.74, 6) is -0.101. The second kappa shape index (κ2) is 7.75. The van der Waals surface area contributed by atoms with Crippen LogP contribution in [0.3, 0.4) is 0 Å². The molecule has 1 heterocycles. The number of hydrogen-bond acceptors (Lipinski definition) is 5. The van der Waals surface area contributed by atoms with Crippen molar-refractivity contribution in [3.63, 3.8) is 0 Å². The Bertz CT molecular complexity index is 992. The average Bonchev–Trinajstić information content (AvgIpc) is 2.91. The van der Waals surface area contributed by atoms with Crippen LogP contribution in [-0.2, 0) is 14.8 Å². The van der Waals surface area contributed by atoms with E-state index in [1.54, 1.807) is 31.3 Å². The van der Waals surface area contributed by atoms with Gasteiger partial charge in [-0.2, -0.15) is 8.42 Å². The smallest absolute Gasteiger partial charge is 0.285 e. The van der Waals surface area contributed by atoms with Crippen molar-refractivity contribution >= 4 is 21.8 Å². The SMILES string of the molecule is CN(CC(=O)NCCOc1cccc(F)c1)C1=NS(=O)(=O)c2ccccc21. The molecule has 7 nitrogen and oxygen atoms in total. The minimum Gasteiger partial charge on any atom is -0.492 e. The van der Waals surface area contributed by atoms with E-state index in [0.29, 0.717) is 11.3 Å². The first-order valence-electron chi connectivity index (χ1n) is 8.17. The lowest BCUT2D eigenvalue weighted by molar-refractivity contribution is -0.121. The van der Waals surface area contributed by atoms with Gasteiger partial charge in [0, 0.05) is 18.7 Å². The zero-order valence-corrected chi connectivity index (χ0v) is 15.4. The molecule has 0 radical (unpaired) electrons. The quantitative estimate of drug-likeness (QED) is 0.752. The van der Waals surface area contributed by atoms with Crippen molar-refractivity contribution in [3.05, 3.63) is 59.9 Å². The van der Waals surface area contributed by atoms with Crippen molar-refractivity contribution in [1.29, 1.82) is 0 Å². The molecule has 1 aliphatic rings. The Balaban J connectivity index is 1.51. The zero-order valence-electron chi connectivity index (χ0n) is 14.6. The summed E-state index contributed by atoms with van der Waals surface area (Å²) in [6.45, 7) is 0.338. The lowest BCUT2D eigenvalue weighted by Gasteiger charge is -2.18.